The van der Waals surface area contributed by atoms with Crippen molar-refractivity contribution >= 4 is 29.8 Å². The van der Waals surface area contributed by atoms with Crippen LogP contribution in [-0.2, 0) is 22.4 Å². The molecule has 0 saturated carbocycles. The number of carbonyl (C=O) groups excluding carboxylic acids is 1. The van der Waals surface area contributed by atoms with Gasteiger partial charge in [0.05, 0.1) is 25.0 Å². The summed E-state index contributed by atoms with van der Waals surface area (Å²) in [5, 5.41) is 3.34. The number of aliphatic imine (C=N–C) groups is 1. The number of halogens is 1. The van der Waals surface area contributed by atoms with Crippen molar-refractivity contribution in [2.24, 2.45) is 4.99 Å². The van der Waals surface area contributed by atoms with Gasteiger partial charge >= 0.3 is 5.97 Å². The van der Waals surface area contributed by atoms with Crippen LogP contribution in [0, 0.1) is 0 Å². The first-order chi connectivity index (χ1) is 18.8. The molecular formula is C34H41ClN2O4. The third kappa shape index (κ3) is 6.08. The Morgan fingerprint density at radius 1 is 1.00 bits per heavy atom. The van der Waals surface area contributed by atoms with Gasteiger partial charge in [-0.25, -0.2) is 4.79 Å². The Balaban J connectivity index is 0.00000387. The number of nitrogens with zero attached hydrogens (tertiary/aromatic N) is 1. The molecule has 2 aliphatic heterocycles. The maximum Gasteiger partial charge on any atom is 0.331 e. The Morgan fingerprint density at radius 3 is 2.34 bits per heavy atom. The molecule has 218 valence electrons. The largest absolute Gasteiger partial charge is 0.493 e. The molecule has 0 fully saturated rings. The van der Waals surface area contributed by atoms with Crippen LogP contribution in [0.2, 0.25) is 0 Å². The zero-order chi connectivity index (χ0) is 28.9. The number of fused-ring (bicyclic) bond motifs is 3. The Labute approximate surface area is 249 Å². The van der Waals surface area contributed by atoms with E-state index >= 15 is 0 Å². The minimum absolute atomic E-state index is 0. The van der Waals surface area contributed by atoms with Crippen molar-refractivity contribution in [3.63, 3.8) is 0 Å². The molecule has 2 heterocycles. The van der Waals surface area contributed by atoms with Gasteiger partial charge < -0.3 is 19.5 Å². The first kappa shape index (κ1) is 30.4. The van der Waals surface area contributed by atoms with Gasteiger partial charge in [0.25, 0.3) is 0 Å². The molecule has 7 heteroatoms. The molecule has 0 saturated heterocycles. The van der Waals surface area contributed by atoms with Crippen LogP contribution in [0.25, 0.3) is 11.1 Å². The zero-order valence-electron chi connectivity index (χ0n) is 25.3. The molecule has 3 aromatic carbocycles. The number of benzene rings is 3. The predicted molar refractivity (Wildman–Crippen MR) is 168 cm³/mol. The second-order valence-corrected chi connectivity index (χ2v) is 12.5. The molecule has 0 aromatic heterocycles. The highest BCUT2D eigenvalue weighted by Gasteiger charge is 2.39. The molecular weight excluding hydrogens is 536 g/mol. The second kappa shape index (κ2) is 11.1. The van der Waals surface area contributed by atoms with Crippen molar-refractivity contribution < 1.29 is 19.0 Å². The van der Waals surface area contributed by atoms with E-state index in [1.807, 2.05) is 32.9 Å². The highest BCUT2D eigenvalue weighted by atomic mass is 35.5. The number of hydrogen-bond donors (Lipinski definition) is 1. The molecule has 0 aliphatic carbocycles. The number of esters is 1. The van der Waals surface area contributed by atoms with E-state index in [0.29, 0.717) is 6.61 Å². The van der Waals surface area contributed by atoms with E-state index in [2.05, 4.69) is 75.5 Å². The van der Waals surface area contributed by atoms with E-state index in [4.69, 9.17) is 19.2 Å². The average Bonchev–Trinajstić information content (AvgIpc) is 3.22. The van der Waals surface area contributed by atoms with Gasteiger partial charge in [-0.2, -0.15) is 0 Å². The number of rotatable bonds is 7. The van der Waals surface area contributed by atoms with E-state index in [-0.39, 0.29) is 29.5 Å². The van der Waals surface area contributed by atoms with E-state index in [0.717, 1.165) is 52.4 Å². The van der Waals surface area contributed by atoms with Crippen LogP contribution in [0.4, 0.5) is 5.69 Å². The molecule has 0 radical (unpaired) electrons. The monoisotopic (exact) mass is 576 g/mol. The summed E-state index contributed by atoms with van der Waals surface area (Å²) < 4.78 is 17.4. The number of nitrogens with one attached hydrogen (secondary N) is 1. The summed E-state index contributed by atoms with van der Waals surface area (Å²) in [5.74, 6) is 1.34. The van der Waals surface area contributed by atoms with Gasteiger partial charge in [-0.05, 0) is 95.8 Å². The van der Waals surface area contributed by atoms with Crippen LogP contribution in [-0.4, -0.2) is 42.1 Å². The number of carbonyl (C=O) groups is 1. The first-order valence-electron chi connectivity index (χ1n) is 14.0. The summed E-state index contributed by atoms with van der Waals surface area (Å²) >= 11 is 0. The van der Waals surface area contributed by atoms with Crippen molar-refractivity contribution in [1.29, 1.82) is 0 Å². The van der Waals surface area contributed by atoms with Crippen LogP contribution in [0.3, 0.4) is 0 Å². The Morgan fingerprint density at radius 2 is 1.66 bits per heavy atom. The molecule has 2 aliphatic rings. The van der Waals surface area contributed by atoms with E-state index in [1.165, 1.54) is 16.7 Å². The summed E-state index contributed by atoms with van der Waals surface area (Å²) in [6, 6.07) is 18.8. The number of anilines is 1. The van der Waals surface area contributed by atoms with Gasteiger partial charge in [-0.15, -0.1) is 12.4 Å². The van der Waals surface area contributed by atoms with Crippen LogP contribution < -0.4 is 14.8 Å². The van der Waals surface area contributed by atoms with Crippen molar-refractivity contribution in [2.75, 3.05) is 19.0 Å². The first-order valence-corrected chi connectivity index (χ1v) is 14.0. The Hall–Kier alpha value is -3.51. The Bertz CT molecular complexity index is 1510. The molecule has 6 nitrogen and oxygen atoms in total. The molecule has 0 amide bonds. The third-order valence-electron chi connectivity index (χ3n) is 7.48. The average molecular weight is 577 g/mol. The zero-order valence-corrected chi connectivity index (χ0v) is 26.1. The SMILES string of the molecule is CCOC(=O)C(C)(C)Nc1cccc(-c2cccc(C3=NC(C)(C)Cc4cc(OC)c5c(c43)CC(C)(C)O5)c2)c1.Cl. The fourth-order valence-corrected chi connectivity index (χ4v) is 5.78. The summed E-state index contributed by atoms with van der Waals surface area (Å²) in [6.45, 7) is 14.4. The van der Waals surface area contributed by atoms with Gasteiger partial charge in [0.1, 0.15) is 11.1 Å². The second-order valence-electron chi connectivity index (χ2n) is 12.5. The smallest absolute Gasteiger partial charge is 0.331 e. The van der Waals surface area contributed by atoms with Crippen LogP contribution in [0.1, 0.15) is 70.7 Å². The van der Waals surface area contributed by atoms with Crippen LogP contribution in [0.5, 0.6) is 11.5 Å². The lowest BCUT2D eigenvalue weighted by Crippen LogP contribution is -2.41. The normalized spacial score (nSPS) is 16.3. The van der Waals surface area contributed by atoms with Gasteiger partial charge in [0.15, 0.2) is 11.5 Å². The number of hydrogen-bond acceptors (Lipinski definition) is 6. The molecule has 0 spiro atoms. The highest BCUT2D eigenvalue weighted by Crippen LogP contribution is 2.48. The summed E-state index contributed by atoms with van der Waals surface area (Å²) in [4.78, 5) is 17.7. The number of methoxy groups -OCH3 is 1. The van der Waals surface area contributed by atoms with E-state index < -0.39 is 5.54 Å². The maximum absolute atomic E-state index is 12.4. The van der Waals surface area contributed by atoms with Crippen molar-refractivity contribution in [3.05, 3.63) is 76.9 Å². The molecule has 0 unspecified atom stereocenters. The minimum atomic E-state index is -0.847. The minimum Gasteiger partial charge on any atom is -0.493 e. The molecule has 3 aromatic rings. The summed E-state index contributed by atoms with van der Waals surface area (Å²) in [6.07, 6.45) is 1.63. The van der Waals surface area contributed by atoms with Crippen molar-refractivity contribution in [1.82, 2.24) is 0 Å². The third-order valence-corrected chi connectivity index (χ3v) is 7.48. The molecule has 1 N–H and O–H groups in total. The van der Waals surface area contributed by atoms with Crippen LogP contribution >= 0.6 is 12.4 Å². The molecule has 0 atom stereocenters. The van der Waals surface area contributed by atoms with E-state index in [9.17, 15) is 4.79 Å². The molecule has 5 rings (SSSR count). The maximum atomic E-state index is 12.4. The lowest BCUT2D eigenvalue weighted by molar-refractivity contribution is -0.147. The summed E-state index contributed by atoms with van der Waals surface area (Å²) in [7, 11) is 1.71. The van der Waals surface area contributed by atoms with Gasteiger partial charge in [-0.3, -0.25) is 4.99 Å². The standard InChI is InChI=1S/C34H40N2O4.ClH/c1-9-39-31(37)34(6,7)35-25-15-11-13-22(17-25)21-12-10-14-23(16-21)29-28-24(19-32(2,3)36-29)18-27(38-8)30-26(28)20-33(4,5)40-30;/h10-18,35H,9,19-20H2,1-8H3;1H. The number of ether oxygens (including phenoxy) is 3. The van der Waals surface area contributed by atoms with Crippen molar-refractivity contribution in [3.8, 4) is 22.6 Å². The molecule has 0 bridgehead atoms. The fraction of sp³-hybridized carbons (Fsp3) is 0.412. The fourth-order valence-electron chi connectivity index (χ4n) is 5.78. The lowest BCUT2D eigenvalue weighted by Gasteiger charge is -2.31. The lowest BCUT2D eigenvalue weighted by atomic mass is 9.80. The quantitative estimate of drug-likeness (QED) is 0.296. The topological polar surface area (TPSA) is 69.2 Å². The van der Waals surface area contributed by atoms with Crippen molar-refractivity contribution in [2.45, 2.75) is 78.0 Å². The predicted octanol–water partition coefficient (Wildman–Crippen LogP) is 7.42. The van der Waals surface area contributed by atoms with Gasteiger partial charge in [-0.1, -0.05) is 30.3 Å². The van der Waals surface area contributed by atoms with E-state index in [1.54, 1.807) is 7.11 Å². The van der Waals surface area contributed by atoms with Crippen LogP contribution in [0.15, 0.2) is 59.6 Å². The van der Waals surface area contributed by atoms with Gasteiger partial charge in [0, 0.05) is 28.8 Å². The highest BCUT2D eigenvalue weighted by molar-refractivity contribution is 6.16. The Kier molecular flexibility index (Phi) is 8.21. The summed E-state index contributed by atoms with van der Waals surface area (Å²) in [5.41, 5.74) is 7.20. The van der Waals surface area contributed by atoms with Gasteiger partial charge in [0.2, 0.25) is 0 Å². The molecule has 41 heavy (non-hydrogen) atoms.